The predicted octanol–water partition coefficient (Wildman–Crippen LogP) is 7.81. The molecule has 0 saturated heterocycles. The lowest BCUT2D eigenvalue weighted by Gasteiger charge is -2.25. The molecule has 0 radical (unpaired) electrons. The first-order valence-corrected chi connectivity index (χ1v) is 12.4. The van der Waals surface area contributed by atoms with Gasteiger partial charge in [-0.25, -0.2) is 0 Å². The molecule has 0 saturated carbocycles. The molecule has 0 amide bonds. The highest BCUT2D eigenvalue weighted by Gasteiger charge is 2.35. The van der Waals surface area contributed by atoms with Gasteiger partial charge in [0.2, 0.25) is 0 Å². The highest BCUT2D eigenvalue weighted by atomic mass is 35.5. The Hall–Kier alpha value is -0.535. The third-order valence-corrected chi connectivity index (χ3v) is 7.96. The first kappa shape index (κ1) is 25.1. The van der Waals surface area contributed by atoms with Crippen LogP contribution in [0.15, 0.2) is 36.4 Å². The Morgan fingerprint density at radius 1 is 0.484 bits per heavy atom. The molecule has 0 spiro atoms. The predicted molar refractivity (Wildman–Crippen MR) is 142 cm³/mol. The maximum Gasteiger partial charge on any atom is 0.252 e. The van der Waals surface area contributed by atoms with E-state index in [9.17, 15) is 0 Å². The summed E-state index contributed by atoms with van der Waals surface area (Å²) < 4.78 is 0. The van der Waals surface area contributed by atoms with Crippen molar-refractivity contribution in [1.82, 2.24) is 0 Å². The van der Waals surface area contributed by atoms with Gasteiger partial charge in [0.15, 0.2) is 0 Å². The van der Waals surface area contributed by atoms with Crippen molar-refractivity contribution >= 4 is 92.7 Å². The minimum Gasteiger partial charge on any atom is -0.0848 e. The van der Waals surface area contributed by atoms with Crippen LogP contribution in [-0.2, 0) is 19.3 Å². The Kier molecular flexibility index (Phi) is 8.58. The maximum absolute atomic E-state index is 6.91. The summed E-state index contributed by atoms with van der Waals surface area (Å²) >= 11 is 41.0. The van der Waals surface area contributed by atoms with Crippen molar-refractivity contribution in [3.05, 3.63) is 83.2 Å². The van der Waals surface area contributed by atoms with Gasteiger partial charge in [0.05, 0.1) is 0 Å². The fraction of sp³-hybridized carbons (Fsp3) is 0.250. The number of hydrogen-bond acceptors (Lipinski definition) is 0. The van der Waals surface area contributed by atoms with Gasteiger partial charge < -0.3 is 0 Å². The van der Waals surface area contributed by atoms with Gasteiger partial charge in [0.1, 0.15) is 0 Å². The maximum atomic E-state index is 6.91. The van der Waals surface area contributed by atoms with Crippen LogP contribution in [0.5, 0.6) is 0 Å². The van der Waals surface area contributed by atoms with E-state index in [0.29, 0.717) is 46.5 Å². The molecular formula is C24H21BCl6. The second kappa shape index (κ2) is 10.6. The molecule has 3 aromatic carbocycles. The largest absolute Gasteiger partial charge is 0.252 e. The van der Waals surface area contributed by atoms with Crippen LogP contribution in [0.2, 0.25) is 30.1 Å². The molecule has 0 aliphatic heterocycles. The Morgan fingerprint density at radius 3 is 0.968 bits per heavy atom. The van der Waals surface area contributed by atoms with E-state index in [1.807, 2.05) is 57.2 Å². The molecule has 0 fully saturated rings. The van der Waals surface area contributed by atoms with Crippen LogP contribution in [0.4, 0.5) is 0 Å². The molecule has 0 aliphatic rings. The smallest absolute Gasteiger partial charge is 0.0848 e. The summed E-state index contributed by atoms with van der Waals surface area (Å²) in [4.78, 5) is 0. The Labute approximate surface area is 214 Å². The molecule has 162 valence electrons. The average Bonchev–Trinajstić information content (AvgIpc) is 2.74. The summed E-state index contributed by atoms with van der Waals surface area (Å²) in [6.07, 6.45) is 2.26. The van der Waals surface area contributed by atoms with Gasteiger partial charge >= 0.3 is 0 Å². The fourth-order valence-electron chi connectivity index (χ4n) is 3.89. The van der Waals surface area contributed by atoms with Gasteiger partial charge in [-0.2, -0.15) is 0 Å². The topological polar surface area (TPSA) is 0 Å². The van der Waals surface area contributed by atoms with Crippen molar-refractivity contribution in [3.8, 4) is 0 Å². The molecule has 0 heterocycles. The zero-order valence-corrected chi connectivity index (χ0v) is 22.0. The molecule has 0 N–H and O–H groups in total. The van der Waals surface area contributed by atoms with Crippen molar-refractivity contribution in [2.45, 2.75) is 40.0 Å². The summed E-state index contributed by atoms with van der Waals surface area (Å²) in [5.41, 5.74) is 5.04. The van der Waals surface area contributed by atoms with Crippen LogP contribution in [0.25, 0.3) is 0 Å². The van der Waals surface area contributed by atoms with Crippen molar-refractivity contribution in [1.29, 1.82) is 0 Å². The van der Waals surface area contributed by atoms with Crippen molar-refractivity contribution in [2.24, 2.45) is 0 Å². The molecule has 7 heteroatoms. The van der Waals surface area contributed by atoms with E-state index < -0.39 is 6.71 Å². The van der Waals surface area contributed by atoms with E-state index in [2.05, 4.69) is 0 Å². The average molecular weight is 533 g/mol. The van der Waals surface area contributed by atoms with Gasteiger partial charge in [-0.15, -0.1) is 0 Å². The first-order chi connectivity index (χ1) is 14.8. The Balaban J connectivity index is 2.51. The molecule has 0 unspecified atom stereocenters. The van der Waals surface area contributed by atoms with Crippen LogP contribution in [0.3, 0.4) is 0 Å². The van der Waals surface area contributed by atoms with Gasteiger partial charge in [0, 0.05) is 30.1 Å². The van der Waals surface area contributed by atoms with E-state index >= 15 is 0 Å². The van der Waals surface area contributed by atoms with E-state index in [-0.39, 0.29) is 0 Å². The van der Waals surface area contributed by atoms with Gasteiger partial charge in [0.25, 0.3) is 6.71 Å². The molecule has 0 bridgehead atoms. The molecule has 0 nitrogen and oxygen atoms in total. The zero-order chi connectivity index (χ0) is 22.9. The number of hydrogen-bond donors (Lipinski definition) is 0. The first-order valence-electron chi connectivity index (χ1n) is 10.2. The van der Waals surface area contributed by atoms with E-state index in [1.165, 1.54) is 0 Å². The van der Waals surface area contributed by atoms with E-state index in [0.717, 1.165) is 36.0 Å². The molecule has 3 aromatic rings. The summed E-state index contributed by atoms with van der Waals surface area (Å²) in [7, 11) is 0. The lowest BCUT2D eigenvalue weighted by atomic mass is 9.36. The lowest BCUT2D eigenvalue weighted by Crippen LogP contribution is -2.55. The number of aryl methyl sites for hydroxylation is 3. The van der Waals surface area contributed by atoms with Crippen molar-refractivity contribution in [2.75, 3.05) is 0 Å². The second-order valence-electron chi connectivity index (χ2n) is 7.30. The van der Waals surface area contributed by atoms with Crippen LogP contribution in [0.1, 0.15) is 37.5 Å². The quantitative estimate of drug-likeness (QED) is 0.284. The second-order valence-corrected chi connectivity index (χ2v) is 9.65. The molecular weight excluding hydrogens is 512 g/mol. The summed E-state index contributed by atoms with van der Waals surface area (Å²) in [6.45, 7) is 5.61. The van der Waals surface area contributed by atoms with Gasteiger partial charge in [-0.1, -0.05) is 109 Å². The van der Waals surface area contributed by atoms with Crippen molar-refractivity contribution in [3.63, 3.8) is 0 Å². The monoisotopic (exact) mass is 530 g/mol. The van der Waals surface area contributed by atoms with Crippen LogP contribution >= 0.6 is 69.6 Å². The molecule has 31 heavy (non-hydrogen) atoms. The van der Waals surface area contributed by atoms with E-state index in [4.69, 9.17) is 69.6 Å². The van der Waals surface area contributed by atoms with Crippen molar-refractivity contribution < 1.29 is 0 Å². The van der Waals surface area contributed by atoms with Crippen LogP contribution < -0.4 is 16.4 Å². The molecule has 3 rings (SSSR count). The Bertz CT molecular complexity index is 984. The minimum absolute atomic E-state index is 0.510. The van der Waals surface area contributed by atoms with Gasteiger partial charge in [-0.05, 0) is 70.5 Å². The fourth-order valence-corrected chi connectivity index (χ4v) is 6.06. The normalized spacial score (nSPS) is 11.1. The van der Waals surface area contributed by atoms with Gasteiger partial charge in [-0.3, -0.25) is 0 Å². The molecule has 0 aromatic heterocycles. The number of rotatable bonds is 6. The standard InChI is InChI=1S/C24H21BCl6/c1-4-13-7-10-16(26)19(22(13)29)25(20-17(27)11-8-14(5-2)23(20)30)21-18(28)12-9-15(6-3)24(21)31/h7-12H,4-6H2,1-3H3. The summed E-state index contributed by atoms with van der Waals surface area (Å²) in [5.74, 6) is 0. The number of halogens is 6. The van der Waals surface area contributed by atoms with E-state index in [1.54, 1.807) is 0 Å². The SMILES string of the molecule is CCc1ccc(Cl)c(B(c2c(Cl)ccc(CC)c2Cl)c2c(Cl)ccc(CC)c2Cl)c1Cl. The summed E-state index contributed by atoms with van der Waals surface area (Å²) in [5, 5.41) is 3.25. The third kappa shape index (κ3) is 4.74. The Morgan fingerprint density at radius 2 is 0.742 bits per heavy atom. The molecule has 0 aliphatic carbocycles. The summed E-state index contributed by atoms with van der Waals surface area (Å²) in [6, 6.07) is 11.4. The minimum atomic E-state index is -0.524. The highest BCUT2D eigenvalue weighted by Crippen LogP contribution is 2.28. The number of benzene rings is 3. The zero-order valence-electron chi connectivity index (χ0n) is 17.4. The third-order valence-electron chi connectivity index (χ3n) is 5.63. The molecule has 0 atom stereocenters. The van der Waals surface area contributed by atoms with Crippen LogP contribution in [-0.4, -0.2) is 6.71 Å². The van der Waals surface area contributed by atoms with Crippen LogP contribution in [0, 0.1) is 0 Å². The lowest BCUT2D eigenvalue weighted by molar-refractivity contribution is 1.14. The highest BCUT2D eigenvalue weighted by molar-refractivity contribution is 7.01.